The maximum absolute atomic E-state index is 12.6. The van der Waals surface area contributed by atoms with E-state index in [0.29, 0.717) is 16.5 Å². The summed E-state index contributed by atoms with van der Waals surface area (Å²) in [4.78, 5) is 24.8. The molecule has 0 atom stereocenters. The van der Waals surface area contributed by atoms with Crippen LogP contribution in [0.1, 0.15) is 10.5 Å². The Balaban J connectivity index is 2.05. The van der Waals surface area contributed by atoms with Crippen LogP contribution in [0, 0.1) is 0 Å². The summed E-state index contributed by atoms with van der Waals surface area (Å²) in [5.74, 6) is -0.954. The van der Waals surface area contributed by atoms with Crippen molar-refractivity contribution in [1.29, 1.82) is 0 Å². The number of amides is 1. The van der Waals surface area contributed by atoms with Crippen LogP contribution in [0.2, 0.25) is 10.0 Å². The third kappa shape index (κ3) is 3.89. The van der Waals surface area contributed by atoms with E-state index in [9.17, 15) is 14.7 Å². The van der Waals surface area contributed by atoms with Gasteiger partial charge in [-0.3, -0.25) is 9.59 Å². The average molecular weight is 406 g/mol. The van der Waals surface area contributed by atoms with E-state index in [4.69, 9.17) is 27.9 Å². The maximum atomic E-state index is 12.6. The quantitative estimate of drug-likeness (QED) is 0.692. The number of aromatic nitrogens is 2. The highest BCUT2D eigenvalue weighted by molar-refractivity contribution is 6.35. The van der Waals surface area contributed by atoms with E-state index in [2.05, 4.69) is 10.4 Å². The molecular weight excluding hydrogens is 393 g/mol. The van der Waals surface area contributed by atoms with Gasteiger partial charge in [0.25, 0.3) is 11.5 Å². The van der Waals surface area contributed by atoms with E-state index >= 15 is 0 Å². The second-order valence-electron chi connectivity index (χ2n) is 5.38. The van der Waals surface area contributed by atoms with E-state index in [-0.39, 0.29) is 16.4 Å². The molecule has 0 aliphatic heterocycles. The lowest BCUT2D eigenvalue weighted by molar-refractivity contribution is 0.101. The van der Waals surface area contributed by atoms with Crippen molar-refractivity contribution in [3.8, 4) is 17.2 Å². The summed E-state index contributed by atoms with van der Waals surface area (Å²) in [5, 5.41) is 17.2. The standard InChI is InChI=1S/C18H13Cl2N3O4/c1-27-15-5-3-2-4-13(15)23-16(25)9-14(24)17(22-23)18(26)21-12-8-10(19)6-7-11(12)20/h2-9,24H,1H3,(H,21,26). The van der Waals surface area contributed by atoms with Gasteiger partial charge in [0.15, 0.2) is 11.4 Å². The van der Waals surface area contributed by atoms with Crippen LogP contribution in [0.5, 0.6) is 11.5 Å². The number of carbonyl (C=O) groups is 1. The minimum absolute atomic E-state index is 0.241. The molecule has 0 saturated heterocycles. The maximum Gasteiger partial charge on any atom is 0.280 e. The number of nitrogens with zero attached hydrogens (tertiary/aromatic N) is 2. The molecular formula is C18H13Cl2N3O4. The molecule has 9 heteroatoms. The van der Waals surface area contributed by atoms with Crippen molar-refractivity contribution in [2.75, 3.05) is 12.4 Å². The van der Waals surface area contributed by atoms with Gasteiger partial charge < -0.3 is 15.2 Å². The second-order valence-corrected chi connectivity index (χ2v) is 6.22. The molecule has 2 aromatic carbocycles. The highest BCUT2D eigenvalue weighted by atomic mass is 35.5. The van der Waals surface area contributed by atoms with Crippen LogP contribution >= 0.6 is 23.2 Å². The summed E-state index contributed by atoms with van der Waals surface area (Å²) in [6.45, 7) is 0. The zero-order valence-electron chi connectivity index (χ0n) is 13.9. The zero-order chi connectivity index (χ0) is 19.6. The minimum atomic E-state index is -0.764. The summed E-state index contributed by atoms with van der Waals surface area (Å²) >= 11 is 11.9. The number of ether oxygens (including phenoxy) is 1. The lowest BCUT2D eigenvalue weighted by Gasteiger charge is -2.12. The number of benzene rings is 2. The molecule has 0 saturated carbocycles. The van der Waals surface area contributed by atoms with Gasteiger partial charge in [-0.15, -0.1) is 0 Å². The van der Waals surface area contributed by atoms with Crippen molar-refractivity contribution in [3.05, 3.63) is 74.6 Å². The van der Waals surface area contributed by atoms with Crippen molar-refractivity contribution in [2.24, 2.45) is 0 Å². The Morgan fingerprint density at radius 3 is 2.67 bits per heavy atom. The van der Waals surface area contributed by atoms with E-state index in [0.717, 1.165) is 10.7 Å². The molecule has 0 aliphatic rings. The Kier molecular flexibility index (Phi) is 5.34. The molecule has 2 N–H and O–H groups in total. The Bertz CT molecular complexity index is 1080. The number of halogens is 2. The number of methoxy groups -OCH3 is 1. The Labute approximate surface area is 163 Å². The van der Waals surface area contributed by atoms with Crippen LogP contribution in [0.3, 0.4) is 0 Å². The SMILES string of the molecule is COc1ccccc1-n1nc(C(=O)Nc2cc(Cl)ccc2Cl)c(O)cc1=O. The number of hydrogen-bond donors (Lipinski definition) is 2. The Hall–Kier alpha value is -3.03. The summed E-state index contributed by atoms with van der Waals surface area (Å²) in [5.41, 5.74) is -0.434. The molecule has 1 aromatic heterocycles. The van der Waals surface area contributed by atoms with Gasteiger partial charge >= 0.3 is 0 Å². The van der Waals surface area contributed by atoms with Gasteiger partial charge in [-0.1, -0.05) is 35.3 Å². The fraction of sp³-hybridized carbons (Fsp3) is 0.0556. The average Bonchev–Trinajstić information content (AvgIpc) is 2.64. The van der Waals surface area contributed by atoms with Gasteiger partial charge in [0.2, 0.25) is 0 Å². The molecule has 0 fully saturated rings. The Morgan fingerprint density at radius 1 is 1.19 bits per heavy atom. The van der Waals surface area contributed by atoms with Gasteiger partial charge in [0, 0.05) is 11.1 Å². The zero-order valence-corrected chi connectivity index (χ0v) is 15.5. The fourth-order valence-corrected chi connectivity index (χ4v) is 2.70. The molecule has 1 amide bonds. The number of rotatable bonds is 4. The Morgan fingerprint density at radius 2 is 1.93 bits per heavy atom. The molecule has 7 nitrogen and oxygen atoms in total. The first-order valence-electron chi connectivity index (χ1n) is 7.64. The van der Waals surface area contributed by atoms with Crippen LogP contribution < -0.4 is 15.6 Å². The number of aromatic hydroxyl groups is 1. The van der Waals surface area contributed by atoms with Gasteiger partial charge in [0.05, 0.1) is 17.8 Å². The van der Waals surface area contributed by atoms with Crippen molar-refractivity contribution in [1.82, 2.24) is 9.78 Å². The van der Waals surface area contributed by atoms with Crippen molar-refractivity contribution in [2.45, 2.75) is 0 Å². The molecule has 3 rings (SSSR count). The van der Waals surface area contributed by atoms with Crippen molar-refractivity contribution < 1.29 is 14.6 Å². The lowest BCUT2D eigenvalue weighted by Crippen LogP contribution is -2.25. The molecule has 0 aliphatic carbocycles. The first-order chi connectivity index (χ1) is 12.9. The van der Waals surface area contributed by atoms with Gasteiger partial charge in [0.1, 0.15) is 11.4 Å². The van der Waals surface area contributed by atoms with Crippen molar-refractivity contribution >= 4 is 34.8 Å². The molecule has 0 bridgehead atoms. The van der Waals surface area contributed by atoms with Crippen LogP contribution in [0.25, 0.3) is 5.69 Å². The van der Waals surface area contributed by atoms with Crippen LogP contribution in [0.4, 0.5) is 5.69 Å². The highest BCUT2D eigenvalue weighted by Crippen LogP contribution is 2.27. The molecule has 0 spiro atoms. The number of carbonyl (C=O) groups excluding carboxylic acids is 1. The third-order valence-corrected chi connectivity index (χ3v) is 4.18. The van der Waals surface area contributed by atoms with E-state index in [1.807, 2.05) is 0 Å². The van der Waals surface area contributed by atoms with Crippen LogP contribution in [-0.2, 0) is 0 Å². The predicted octanol–water partition coefficient (Wildman–Crippen LogP) is 3.51. The molecule has 1 heterocycles. The van der Waals surface area contributed by atoms with Crippen LogP contribution in [-0.4, -0.2) is 27.9 Å². The molecule has 0 unspecified atom stereocenters. The summed E-state index contributed by atoms with van der Waals surface area (Å²) in [7, 11) is 1.44. The number of anilines is 1. The molecule has 0 radical (unpaired) electrons. The molecule has 3 aromatic rings. The first-order valence-corrected chi connectivity index (χ1v) is 8.39. The number of nitrogens with one attached hydrogen (secondary N) is 1. The van der Waals surface area contributed by atoms with E-state index < -0.39 is 17.2 Å². The number of para-hydroxylation sites is 2. The van der Waals surface area contributed by atoms with E-state index in [1.165, 1.54) is 19.2 Å². The first kappa shape index (κ1) is 18.8. The molecule has 138 valence electrons. The monoisotopic (exact) mass is 405 g/mol. The van der Waals surface area contributed by atoms with Crippen LogP contribution in [0.15, 0.2) is 53.3 Å². The van der Waals surface area contributed by atoms with Gasteiger partial charge in [-0.2, -0.15) is 9.78 Å². The fourth-order valence-electron chi connectivity index (χ4n) is 2.36. The molecule has 27 heavy (non-hydrogen) atoms. The summed E-state index contributed by atoms with van der Waals surface area (Å²) in [6, 6.07) is 12.1. The largest absolute Gasteiger partial charge is 0.505 e. The van der Waals surface area contributed by atoms with Crippen molar-refractivity contribution in [3.63, 3.8) is 0 Å². The smallest absolute Gasteiger partial charge is 0.280 e. The normalized spacial score (nSPS) is 10.5. The summed E-state index contributed by atoms with van der Waals surface area (Å²) < 4.78 is 6.18. The topological polar surface area (TPSA) is 93.5 Å². The minimum Gasteiger partial charge on any atom is -0.505 e. The summed E-state index contributed by atoms with van der Waals surface area (Å²) in [6.07, 6.45) is 0. The third-order valence-electron chi connectivity index (χ3n) is 3.62. The van der Waals surface area contributed by atoms with Gasteiger partial charge in [-0.05, 0) is 30.3 Å². The predicted molar refractivity (Wildman–Crippen MR) is 102 cm³/mol. The van der Waals surface area contributed by atoms with E-state index in [1.54, 1.807) is 30.3 Å². The lowest BCUT2D eigenvalue weighted by atomic mass is 10.2. The van der Waals surface area contributed by atoms with Gasteiger partial charge in [-0.25, -0.2) is 0 Å². The number of hydrogen-bond acceptors (Lipinski definition) is 5. The second kappa shape index (κ2) is 7.69. The highest BCUT2D eigenvalue weighted by Gasteiger charge is 2.19.